The molecule has 2 aromatic rings. The second-order valence-electron chi connectivity index (χ2n) is 4.20. The fourth-order valence-corrected chi connectivity index (χ4v) is 2.21. The van der Waals surface area contributed by atoms with Crippen LogP contribution in [0.25, 0.3) is 5.69 Å². The number of aromatic nitrogens is 3. The molecule has 0 radical (unpaired) electrons. The minimum Gasteiger partial charge on any atom is -0.309 e. The van der Waals surface area contributed by atoms with Crippen molar-refractivity contribution in [2.75, 3.05) is 6.54 Å². The third-order valence-corrected chi connectivity index (χ3v) is 3.25. The molecular weight excluding hydrogens is 248 g/mol. The Morgan fingerprint density at radius 3 is 2.78 bits per heavy atom. The summed E-state index contributed by atoms with van der Waals surface area (Å²) in [4.78, 5) is 0. The van der Waals surface area contributed by atoms with E-state index in [1.165, 1.54) is 0 Å². The van der Waals surface area contributed by atoms with E-state index in [-0.39, 0.29) is 6.04 Å². The van der Waals surface area contributed by atoms with Gasteiger partial charge in [-0.2, -0.15) is 0 Å². The quantitative estimate of drug-likeness (QED) is 0.923. The van der Waals surface area contributed by atoms with Gasteiger partial charge in [0.2, 0.25) is 0 Å². The number of hydrogen-bond acceptors (Lipinski definition) is 3. The minimum absolute atomic E-state index is 0.186. The largest absolute Gasteiger partial charge is 0.309 e. The first-order valence-corrected chi connectivity index (χ1v) is 6.43. The SMILES string of the molecule is CCNC(C)c1nnn(-c2ccccc2Cl)c1C. The Labute approximate surface area is 112 Å². The highest BCUT2D eigenvalue weighted by Gasteiger charge is 2.16. The van der Waals surface area contributed by atoms with Crippen LogP contribution < -0.4 is 5.32 Å². The zero-order valence-corrected chi connectivity index (χ0v) is 11.6. The first kappa shape index (κ1) is 13.1. The highest BCUT2D eigenvalue weighted by atomic mass is 35.5. The van der Waals surface area contributed by atoms with Gasteiger partial charge in [0.25, 0.3) is 0 Å². The molecule has 0 aliphatic heterocycles. The van der Waals surface area contributed by atoms with Crippen LogP contribution in [0.4, 0.5) is 0 Å². The van der Waals surface area contributed by atoms with E-state index in [1.807, 2.05) is 31.2 Å². The van der Waals surface area contributed by atoms with E-state index < -0.39 is 0 Å². The Morgan fingerprint density at radius 2 is 2.11 bits per heavy atom. The fourth-order valence-electron chi connectivity index (χ4n) is 2.00. The van der Waals surface area contributed by atoms with Crippen LogP contribution in [0.1, 0.15) is 31.3 Å². The van der Waals surface area contributed by atoms with Crippen LogP contribution in [-0.4, -0.2) is 21.5 Å². The average molecular weight is 265 g/mol. The molecule has 0 saturated carbocycles. The molecule has 5 heteroatoms. The predicted octanol–water partition coefficient (Wildman–Crippen LogP) is 2.90. The van der Waals surface area contributed by atoms with Crippen LogP contribution >= 0.6 is 11.6 Å². The molecular formula is C13H17ClN4. The maximum atomic E-state index is 6.18. The molecule has 4 nitrogen and oxygen atoms in total. The van der Waals surface area contributed by atoms with Gasteiger partial charge in [-0.1, -0.05) is 35.9 Å². The molecule has 2 rings (SSSR count). The molecule has 0 aliphatic rings. The van der Waals surface area contributed by atoms with Crippen LogP contribution in [0, 0.1) is 6.92 Å². The van der Waals surface area contributed by atoms with Crippen molar-refractivity contribution in [1.29, 1.82) is 0 Å². The molecule has 1 aromatic heterocycles. The van der Waals surface area contributed by atoms with Crippen molar-refractivity contribution in [1.82, 2.24) is 20.3 Å². The summed E-state index contributed by atoms with van der Waals surface area (Å²) in [6, 6.07) is 7.82. The van der Waals surface area contributed by atoms with E-state index >= 15 is 0 Å². The summed E-state index contributed by atoms with van der Waals surface area (Å²) < 4.78 is 1.78. The highest BCUT2D eigenvalue weighted by Crippen LogP contribution is 2.23. The van der Waals surface area contributed by atoms with Crippen LogP contribution in [0.3, 0.4) is 0 Å². The molecule has 18 heavy (non-hydrogen) atoms. The van der Waals surface area contributed by atoms with E-state index in [1.54, 1.807) is 4.68 Å². The number of hydrogen-bond donors (Lipinski definition) is 1. The molecule has 1 heterocycles. The van der Waals surface area contributed by atoms with Crippen molar-refractivity contribution < 1.29 is 0 Å². The van der Waals surface area contributed by atoms with Crippen molar-refractivity contribution in [3.63, 3.8) is 0 Å². The Hall–Kier alpha value is -1.39. The van der Waals surface area contributed by atoms with Crippen LogP contribution in [0.15, 0.2) is 24.3 Å². The monoisotopic (exact) mass is 264 g/mol. The van der Waals surface area contributed by atoms with Crippen LogP contribution in [-0.2, 0) is 0 Å². The summed E-state index contributed by atoms with van der Waals surface area (Å²) >= 11 is 6.18. The molecule has 0 amide bonds. The molecule has 1 atom stereocenters. The lowest BCUT2D eigenvalue weighted by Gasteiger charge is -2.10. The van der Waals surface area contributed by atoms with Crippen molar-refractivity contribution in [2.45, 2.75) is 26.8 Å². The van der Waals surface area contributed by atoms with Gasteiger partial charge in [-0.15, -0.1) is 5.10 Å². The van der Waals surface area contributed by atoms with Crippen molar-refractivity contribution >= 4 is 11.6 Å². The van der Waals surface area contributed by atoms with E-state index in [4.69, 9.17) is 11.6 Å². The normalized spacial score (nSPS) is 12.7. The van der Waals surface area contributed by atoms with Crippen LogP contribution in [0.5, 0.6) is 0 Å². The van der Waals surface area contributed by atoms with Crippen molar-refractivity contribution in [3.05, 3.63) is 40.7 Å². The Morgan fingerprint density at radius 1 is 1.39 bits per heavy atom. The number of benzene rings is 1. The zero-order valence-electron chi connectivity index (χ0n) is 10.8. The number of nitrogens with zero attached hydrogens (tertiary/aromatic N) is 3. The molecule has 0 spiro atoms. The summed E-state index contributed by atoms with van der Waals surface area (Å²) in [6.45, 7) is 7.06. The van der Waals surface area contributed by atoms with E-state index in [2.05, 4.69) is 29.5 Å². The number of nitrogens with one attached hydrogen (secondary N) is 1. The average Bonchev–Trinajstić information content (AvgIpc) is 2.72. The Bertz CT molecular complexity index is 536. The first-order valence-electron chi connectivity index (χ1n) is 6.05. The predicted molar refractivity (Wildman–Crippen MR) is 73.2 cm³/mol. The summed E-state index contributed by atoms with van der Waals surface area (Å²) in [6.07, 6.45) is 0. The number of halogens is 1. The number of rotatable bonds is 4. The van der Waals surface area contributed by atoms with Gasteiger partial charge in [0.05, 0.1) is 22.4 Å². The standard InChI is InChI=1S/C13H17ClN4/c1-4-15-9(2)13-10(3)18(17-16-13)12-8-6-5-7-11(12)14/h5-9,15H,4H2,1-3H3. The Balaban J connectivity index is 2.40. The Kier molecular flexibility index (Phi) is 3.99. The molecule has 0 saturated heterocycles. The molecule has 1 aromatic carbocycles. The molecule has 0 bridgehead atoms. The summed E-state index contributed by atoms with van der Waals surface area (Å²) in [7, 11) is 0. The molecule has 0 fully saturated rings. The van der Waals surface area contributed by atoms with Gasteiger partial charge >= 0.3 is 0 Å². The summed E-state index contributed by atoms with van der Waals surface area (Å²) in [5.74, 6) is 0. The van der Waals surface area contributed by atoms with Crippen molar-refractivity contribution in [2.24, 2.45) is 0 Å². The summed E-state index contributed by atoms with van der Waals surface area (Å²) in [5, 5.41) is 12.4. The lowest BCUT2D eigenvalue weighted by molar-refractivity contribution is 0.579. The number of para-hydroxylation sites is 1. The topological polar surface area (TPSA) is 42.7 Å². The molecule has 96 valence electrons. The minimum atomic E-state index is 0.186. The molecule has 1 N–H and O–H groups in total. The smallest absolute Gasteiger partial charge is 0.103 e. The molecule has 0 aliphatic carbocycles. The third-order valence-electron chi connectivity index (χ3n) is 2.93. The van der Waals surface area contributed by atoms with Gasteiger partial charge in [0, 0.05) is 0 Å². The van der Waals surface area contributed by atoms with Gasteiger partial charge < -0.3 is 5.32 Å². The van der Waals surface area contributed by atoms with E-state index in [0.29, 0.717) is 5.02 Å². The maximum Gasteiger partial charge on any atom is 0.103 e. The summed E-state index contributed by atoms with van der Waals surface area (Å²) in [5.41, 5.74) is 2.83. The fraction of sp³-hybridized carbons (Fsp3) is 0.385. The van der Waals surface area contributed by atoms with Gasteiger partial charge in [-0.25, -0.2) is 4.68 Å². The van der Waals surface area contributed by atoms with Crippen LogP contribution in [0.2, 0.25) is 5.02 Å². The van der Waals surface area contributed by atoms with E-state index in [9.17, 15) is 0 Å². The third kappa shape index (κ3) is 2.40. The highest BCUT2D eigenvalue weighted by molar-refractivity contribution is 6.32. The van der Waals surface area contributed by atoms with Gasteiger partial charge in [0.15, 0.2) is 0 Å². The zero-order chi connectivity index (χ0) is 13.1. The second-order valence-corrected chi connectivity index (χ2v) is 4.61. The van der Waals surface area contributed by atoms with Gasteiger partial charge in [-0.3, -0.25) is 0 Å². The first-order chi connectivity index (χ1) is 8.65. The van der Waals surface area contributed by atoms with Gasteiger partial charge in [-0.05, 0) is 32.5 Å². The van der Waals surface area contributed by atoms with Gasteiger partial charge in [0.1, 0.15) is 5.69 Å². The van der Waals surface area contributed by atoms with Crippen molar-refractivity contribution in [3.8, 4) is 5.69 Å². The maximum absolute atomic E-state index is 6.18. The lowest BCUT2D eigenvalue weighted by Crippen LogP contribution is -2.19. The van der Waals surface area contributed by atoms with E-state index in [0.717, 1.165) is 23.6 Å². The molecule has 1 unspecified atom stereocenters. The lowest BCUT2D eigenvalue weighted by atomic mass is 10.2. The second kappa shape index (κ2) is 5.50.